The molecule has 0 fully saturated rings. The SMILES string of the molecule is CC1=c2cncnc2=CCC1. The summed E-state index contributed by atoms with van der Waals surface area (Å²) in [4.78, 5) is 8.18. The number of aromatic nitrogens is 2. The highest BCUT2D eigenvalue weighted by Gasteiger charge is 1.98. The fourth-order valence-corrected chi connectivity index (χ4v) is 1.39. The maximum absolute atomic E-state index is 4.18. The topological polar surface area (TPSA) is 25.8 Å². The van der Waals surface area contributed by atoms with Crippen molar-refractivity contribution in [1.29, 1.82) is 0 Å². The quantitative estimate of drug-likeness (QED) is 0.523. The van der Waals surface area contributed by atoms with Gasteiger partial charge in [-0.05, 0) is 19.8 Å². The maximum Gasteiger partial charge on any atom is 0.116 e. The minimum atomic E-state index is 1.10. The zero-order valence-electron chi connectivity index (χ0n) is 6.54. The van der Waals surface area contributed by atoms with Gasteiger partial charge in [0.25, 0.3) is 0 Å². The van der Waals surface area contributed by atoms with Gasteiger partial charge in [0.2, 0.25) is 0 Å². The molecule has 0 aliphatic heterocycles. The molecular weight excluding hydrogens is 136 g/mol. The molecule has 0 spiro atoms. The Morgan fingerprint density at radius 1 is 1.45 bits per heavy atom. The van der Waals surface area contributed by atoms with Gasteiger partial charge in [0.1, 0.15) is 6.33 Å². The Kier molecular flexibility index (Phi) is 1.46. The van der Waals surface area contributed by atoms with Gasteiger partial charge in [0.15, 0.2) is 0 Å². The highest BCUT2D eigenvalue weighted by atomic mass is 14.8. The molecule has 0 N–H and O–H groups in total. The molecule has 0 amide bonds. The fraction of sp³-hybridized carbons (Fsp3) is 0.333. The smallest absolute Gasteiger partial charge is 0.116 e. The Morgan fingerprint density at radius 3 is 3.18 bits per heavy atom. The Labute approximate surface area is 65.3 Å². The number of fused-ring (bicyclic) bond motifs is 1. The van der Waals surface area contributed by atoms with Crippen LogP contribution in [-0.4, -0.2) is 9.97 Å². The summed E-state index contributed by atoms with van der Waals surface area (Å²) in [6.45, 7) is 2.15. The molecule has 2 rings (SSSR count). The van der Waals surface area contributed by atoms with Crippen LogP contribution in [0.3, 0.4) is 0 Å². The van der Waals surface area contributed by atoms with Crippen molar-refractivity contribution in [3.05, 3.63) is 23.1 Å². The van der Waals surface area contributed by atoms with Gasteiger partial charge in [0.05, 0.1) is 5.35 Å². The molecule has 0 saturated carbocycles. The van der Waals surface area contributed by atoms with Crippen LogP contribution >= 0.6 is 0 Å². The van der Waals surface area contributed by atoms with E-state index in [0.717, 1.165) is 18.2 Å². The highest BCUT2D eigenvalue weighted by Crippen LogP contribution is 2.04. The summed E-state index contributed by atoms with van der Waals surface area (Å²) in [7, 11) is 0. The third kappa shape index (κ3) is 1.04. The van der Waals surface area contributed by atoms with Crippen LogP contribution in [0, 0.1) is 0 Å². The summed E-state index contributed by atoms with van der Waals surface area (Å²) in [5.41, 5.74) is 1.41. The second kappa shape index (κ2) is 2.46. The van der Waals surface area contributed by atoms with Gasteiger partial charge in [0, 0.05) is 11.4 Å². The van der Waals surface area contributed by atoms with Gasteiger partial charge >= 0.3 is 0 Å². The lowest BCUT2D eigenvalue weighted by atomic mass is 10.1. The summed E-state index contributed by atoms with van der Waals surface area (Å²) in [5.74, 6) is 0. The molecule has 0 saturated heterocycles. The zero-order valence-corrected chi connectivity index (χ0v) is 6.54. The van der Waals surface area contributed by atoms with Crippen molar-refractivity contribution in [2.45, 2.75) is 19.8 Å². The van der Waals surface area contributed by atoms with Crippen LogP contribution in [0.25, 0.3) is 11.6 Å². The first kappa shape index (κ1) is 6.53. The summed E-state index contributed by atoms with van der Waals surface area (Å²) in [6, 6.07) is 0. The van der Waals surface area contributed by atoms with E-state index in [1.807, 2.05) is 6.20 Å². The molecule has 0 bridgehead atoms. The molecule has 1 aromatic rings. The molecule has 0 radical (unpaired) electrons. The zero-order chi connectivity index (χ0) is 7.68. The summed E-state index contributed by atoms with van der Waals surface area (Å²) >= 11 is 0. The molecule has 1 aliphatic rings. The van der Waals surface area contributed by atoms with Crippen LogP contribution in [-0.2, 0) is 0 Å². The summed E-state index contributed by atoms with van der Waals surface area (Å²) in [6.07, 6.45) is 7.95. The molecule has 56 valence electrons. The average molecular weight is 146 g/mol. The second-order valence-electron chi connectivity index (χ2n) is 2.84. The van der Waals surface area contributed by atoms with Crippen molar-refractivity contribution in [1.82, 2.24) is 9.97 Å². The number of rotatable bonds is 0. The number of nitrogens with zero attached hydrogens (tertiary/aromatic N) is 2. The average Bonchev–Trinajstić information content (AvgIpc) is 2.06. The van der Waals surface area contributed by atoms with Crippen LogP contribution in [0.15, 0.2) is 12.5 Å². The van der Waals surface area contributed by atoms with E-state index in [9.17, 15) is 0 Å². The number of hydrogen-bond donors (Lipinski definition) is 0. The van der Waals surface area contributed by atoms with E-state index in [2.05, 4.69) is 23.0 Å². The second-order valence-corrected chi connectivity index (χ2v) is 2.84. The van der Waals surface area contributed by atoms with Crippen LogP contribution in [0.2, 0.25) is 0 Å². The maximum atomic E-state index is 4.18. The van der Waals surface area contributed by atoms with E-state index in [1.165, 1.54) is 10.8 Å². The molecule has 0 unspecified atom stereocenters. The van der Waals surface area contributed by atoms with Gasteiger partial charge in [-0.2, -0.15) is 0 Å². The van der Waals surface area contributed by atoms with Gasteiger partial charge in [-0.25, -0.2) is 9.97 Å². The Bertz CT molecular complexity index is 379. The van der Waals surface area contributed by atoms with E-state index < -0.39 is 0 Å². The first-order valence-electron chi connectivity index (χ1n) is 3.84. The van der Waals surface area contributed by atoms with Crippen LogP contribution in [0.4, 0.5) is 0 Å². The van der Waals surface area contributed by atoms with Crippen LogP contribution < -0.4 is 10.6 Å². The fourth-order valence-electron chi connectivity index (χ4n) is 1.39. The lowest BCUT2D eigenvalue weighted by Gasteiger charge is -2.03. The standard InChI is InChI=1S/C9H10N2/c1-7-3-2-4-9-8(7)5-10-6-11-9/h4-6H,2-3H2,1H3. The first-order valence-corrected chi connectivity index (χ1v) is 3.84. The predicted molar refractivity (Wildman–Crippen MR) is 44.1 cm³/mol. The Hall–Kier alpha value is -1.18. The largest absolute Gasteiger partial charge is 0.244 e. The molecule has 1 aromatic heterocycles. The molecule has 0 atom stereocenters. The lowest BCUT2D eigenvalue weighted by molar-refractivity contribution is 1.00. The third-order valence-electron chi connectivity index (χ3n) is 2.06. The minimum Gasteiger partial charge on any atom is -0.244 e. The summed E-state index contributed by atoms with van der Waals surface area (Å²) < 4.78 is 0. The van der Waals surface area contributed by atoms with Crippen molar-refractivity contribution in [3.8, 4) is 0 Å². The molecule has 1 heterocycles. The van der Waals surface area contributed by atoms with E-state index >= 15 is 0 Å². The van der Waals surface area contributed by atoms with Crippen LogP contribution in [0.5, 0.6) is 0 Å². The van der Waals surface area contributed by atoms with Crippen molar-refractivity contribution >= 4 is 11.6 Å². The van der Waals surface area contributed by atoms with Gasteiger partial charge in [-0.15, -0.1) is 0 Å². The van der Waals surface area contributed by atoms with Gasteiger partial charge in [-0.3, -0.25) is 0 Å². The number of hydrogen-bond acceptors (Lipinski definition) is 2. The van der Waals surface area contributed by atoms with Crippen LogP contribution in [0.1, 0.15) is 19.8 Å². The highest BCUT2D eigenvalue weighted by molar-refractivity contribution is 5.46. The normalized spacial score (nSPS) is 15.5. The molecule has 1 aliphatic carbocycles. The Balaban J connectivity index is 2.89. The molecule has 2 nitrogen and oxygen atoms in total. The summed E-state index contributed by atoms with van der Waals surface area (Å²) in [5, 5.41) is 2.32. The Morgan fingerprint density at radius 2 is 2.36 bits per heavy atom. The minimum absolute atomic E-state index is 1.10. The monoisotopic (exact) mass is 146 g/mol. The van der Waals surface area contributed by atoms with E-state index in [4.69, 9.17) is 0 Å². The van der Waals surface area contributed by atoms with Gasteiger partial charge in [-0.1, -0.05) is 11.6 Å². The van der Waals surface area contributed by atoms with Gasteiger partial charge < -0.3 is 0 Å². The van der Waals surface area contributed by atoms with Crippen molar-refractivity contribution < 1.29 is 0 Å². The molecule has 11 heavy (non-hydrogen) atoms. The lowest BCUT2D eigenvalue weighted by Crippen LogP contribution is -2.32. The van der Waals surface area contributed by atoms with Crippen molar-refractivity contribution in [2.24, 2.45) is 0 Å². The van der Waals surface area contributed by atoms with Crippen molar-refractivity contribution in [2.75, 3.05) is 0 Å². The van der Waals surface area contributed by atoms with E-state index in [0.29, 0.717) is 0 Å². The van der Waals surface area contributed by atoms with E-state index in [1.54, 1.807) is 6.33 Å². The predicted octanol–water partition coefficient (Wildman–Crippen LogP) is 0.221. The molecule has 2 heteroatoms. The molecule has 0 aromatic carbocycles. The first-order chi connectivity index (χ1) is 5.38. The third-order valence-corrected chi connectivity index (χ3v) is 2.06. The molecular formula is C9H10N2. The van der Waals surface area contributed by atoms with Crippen molar-refractivity contribution in [3.63, 3.8) is 0 Å². The van der Waals surface area contributed by atoms with E-state index in [-0.39, 0.29) is 0 Å².